The Hall–Kier alpha value is -3.54. The number of nitrogens with zero attached hydrogens (tertiary/aromatic N) is 3. The van der Waals surface area contributed by atoms with Gasteiger partial charge in [-0.1, -0.05) is 24.3 Å². The summed E-state index contributed by atoms with van der Waals surface area (Å²) in [5.41, 5.74) is 2.51. The van der Waals surface area contributed by atoms with E-state index in [9.17, 15) is 22.4 Å². The van der Waals surface area contributed by atoms with E-state index in [1.807, 2.05) is 6.92 Å². The van der Waals surface area contributed by atoms with E-state index in [4.69, 9.17) is 0 Å². The average Bonchev–Trinajstić information content (AvgIpc) is 3.37. The van der Waals surface area contributed by atoms with Gasteiger partial charge in [-0.3, -0.25) is 18.8 Å². The van der Waals surface area contributed by atoms with Crippen LogP contribution in [0.1, 0.15) is 32.3 Å². The van der Waals surface area contributed by atoms with Crippen molar-refractivity contribution in [2.24, 2.45) is 0 Å². The van der Waals surface area contributed by atoms with Gasteiger partial charge in [-0.05, 0) is 68.1 Å². The first-order valence-corrected chi connectivity index (χ1v) is 14.6. The van der Waals surface area contributed by atoms with Crippen molar-refractivity contribution in [1.82, 2.24) is 23.7 Å². The number of aromatic nitrogens is 3. The molecule has 4 aromatic rings. The highest BCUT2D eigenvalue weighted by Crippen LogP contribution is 2.24. The molecule has 1 aliphatic rings. The molecule has 0 unspecified atom stereocenters. The lowest BCUT2D eigenvalue weighted by Gasteiger charge is -2.32. The van der Waals surface area contributed by atoms with Crippen molar-refractivity contribution in [2.45, 2.75) is 57.3 Å². The van der Waals surface area contributed by atoms with Crippen LogP contribution in [0.3, 0.4) is 0 Å². The number of hydrogen-bond donors (Lipinski definition) is 2. The number of H-pyrrole nitrogens is 1. The van der Waals surface area contributed by atoms with Crippen LogP contribution in [0.15, 0.2) is 69.1 Å². The topological polar surface area (TPSA) is 109 Å². The second-order valence-corrected chi connectivity index (χ2v) is 11.6. The summed E-state index contributed by atoms with van der Waals surface area (Å²) in [7, 11) is -3.72. The van der Waals surface area contributed by atoms with Gasteiger partial charge in [0.25, 0.3) is 5.56 Å². The molecule has 0 atom stereocenters. The number of likely N-dealkylation sites (tertiary alicyclic amines) is 1. The van der Waals surface area contributed by atoms with Gasteiger partial charge in [0.05, 0.1) is 10.4 Å². The summed E-state index contributed by atoms with van der Waals surface area (Å²) in [6.45, 7) is 6.48. The highest BCUT2D eigenvalue weighted by Gasteiger charge is 2.25. The highest BCUT2D eigenvalue weighted by molar-refractivity contribution is 7.89. The van der Waals surface area contributed by atoms with Crippen molar-refractivity contribution in [3.8, 4) is 11.3 Å². The zero-order valence-corrected chi connectivity index (χ0v) is 22.8. The average molecular weight is 554 g/mol. The van der Waals surface area contributed by atoms with Crippen LogP contribution >= 0.6 is 0 Å². The third kappa shape index (κ3) is 5.47. The van der Waals surface area contributed by atoms with Gasteiger partial charge in [0.1, 0.15) is 11.3 Å². The maximum Gasteiger partial charge on any atom is 0.331 e. The lowest BCUT2D eigenvalue weighted by molar-refractivity contribution is 0.200. The van der Waals surface area contributed by atoms with Gasteiger partial charge >= 0.3 is 5.69 Å². The van der Waals surface area contributed by atoms with E-state index < -0.39 is 10.0 Å². The summed E-state index contributed by atoms with van der Waals surface area (Å²) in [6, 6.07) is 14.5. The lowest BCUT2D eigenvalue weighted by atomic mass is 10.1. The second-order valence-electron chi connectivity index (χ2n) is 9.84. The molecule has 3 heterocycles. The molecule has 2 N–H and O–H groups in total. The molecule has 1 saturated heterocycles. The summed E-state index contributed by atoms with van der Waals surface area (Å²) >= 11 is 0. The van der Waals surface area contributed by atoms with Crippen LogP contribution in [0.4, 0.5) is 4.39 Å². The molecule has 0 saturated carbocycles. The first kappa shape index (κ1) is 27.0. The van der Waals surface area contributed by atoms with Crippen LogP contribution in [-0.4, -0.2) is 46.6 Å². The number of aryl methyl sites for hydroxylation is 1. The number of hydrogen-bond acceptors (Lipinski definition) is 5. The molecular formula is C28H32FN5O4S. The van der Waals surface area contributed by atoms with Gasteiger partial charge in [0.2, 0.25) is 10.0 Å². The zero-order valence-electron chi connectivity index (χ0n) is 22.0. The van der Waals surface area contributed by atoms with E-state index in [1.165, 1.54) is 16.7 Å². The highest BCUT2D eigenvalue weighted by atomic mass is 32.2. The van der Waals surface area contributed by atoms with Gasteiger partial charge in [0, 0.05) is 44.5 Å². The van der Waals surface area contributed by atoms with Crippen molar-refractivity contribution in [3.63, 3.8) is 0 Å². The number of benzene rings is 2. The van der Waals surface area contributed by atoms with Crippen molar-refractivity contribution < 1.29 is 12.8 Å². The molecule has 11 heteroatoms. The van der Waals surface area contributed by atoms with Crippen LogP contribution < -0.4 is 16.0 Å². The van der Waals surface area contributed by atoms with Crippen LogP contribution in [0, 0.1) is 5.82 Å². The van der Waals surface area contributed by atoms with E-state index in [2.05, 4.69) is 14.6 Å². The van der Waals surface area contributed by atoms with Crippen molar-refractivity contribution in [1.29, 1.82) is 0 Å². The molecule has 9 nitrogen and oxygen atoms in total. The fraction of sp³-hybridized carbons (Fsp3) is 0.357. The van der Waals surface area contributed by atoms with Gasteiger partial charge in [-0.25, -0.2) is 22.3 Å². The Labute approximate surface area is 225 Å². The standard InChI is InChI=1S/C28H32FN5O4S/c1-3-33-25-17-24(30-26(25)27(35)34(4-2)28(33)36)20-7-11-23(12-8-20)39(37,38)31-22-13-15-32(16-14-22)18-19-5-9-21(29)10-6-19/h5-12,17,22,30-31H,3-4,13-16,18H2,1-2H3. The Morgan fingerprint density at radius 1 is 0.949 bits per heavy atom. The maximum atomic E-state index is 13.1. The minimum absolute atomic E-state index is 0.162. The number of fused-ring (bicyclic) bond motifs is 1. The zero-order chi connectivity index (χ0) is 27.7. The maximum absolute atomic E-state index is 13.1. The molecule has 39 heavy (non-hydrogen) atoms. The molecule has 0 radical (unpaired) electrons. The smallest absolute Gasteiger partial charge is 0.331 e. The minimum atomic E-state index is -3.72. The number of halogens is 1. The lowest BCUT2D eigenvalue weighted by Crippen LogP contribution is -2.44. The van der Waals surface area contributed by atoms with Gasteiger partial charge in [0.15, 0.2) is 0 Å². The minimum Gasteiger partial charge on any atom is -0.349 e. The molecule has 0 spiro atoms. The van der Waals surface area contributed by atoms with Crippen molar-refractivity contribution in [3.05, 3.63) is 86.8 Å². The normalized spacial score (nSPS) is 15.3. The Kier molecular flexibility index (Phi) is 7.57. The predicted octanol–water partition coefficient (Wildman–Crippen LogP) is 3.28. The van der Waals surface area contributed by atoms with E-state index in [1.54, 1.807) is 54.0 Å². The van der Waals surface area contributed by atoms with E-state index in [-0.39, 0.29) is 34.5 Å². The molecule has 2 aromatic carbocycles. The molecule has 0 amide bonds. The number of sulfonamides is 1. The molecule has 206 valence electrons. The van der Waals surface area contributed by atoms with Crippen LogP contribution in [0.25, 0.3) is 22.3 Å². The SMILES string of the molecule is CCn1c(=O)c2[nH]c(-c3ccc(S(=O)(=O)NC4CCN(Cc5ccc(F)cc5)CC4)cc3)cc2n(CC)c1=O. The molecule has 1 fully saturated rings. The fourth-order valence-electron chi connectivity index (χ4n) is 5.19. The first-order chi connectivity index (χ1) is 18.7. The predicted molar refractivity (Wildman–Crippen MR) is 149 cm³/mol. The molecule has 2 aromatic heterocycles. The van der Waals surface area contributed by atoms with E-state index in [0.29, 0.717) is 48.2 Å². The number of aromatic amines is 1. The molecule has 0 bridgehead atoms. The molecule has 5 rings (SSSR count). The Morgan fingerprint density at radius 3 is 2.21 bits per heavy atom. The summed E-state index contributed by atoms with van der Waals surface area (Å²) in [4.78, 5) is 31.0. The van der Waals surface area contributed by atoms with E-state index >= 15 is 0 Å². The number of rotatable bonds is 8. The van der Waals surface area contributed by atoms with Crippen molar-refractivity contribution >= 4 is 21.1 Å². The molecule has 1 aliphatic heterocycles. The monoisotopic (exact) mass is 553 g/mol. The third-order valence-corrected chi connectivity index (χ3v) is 8.88. The summed E-state index contributed by atoms with van der Waals surface area (Å²) in [6.07, 6.45) is 1.37. The summed E-state index contributed by atoms with van der Waals surface area (Å²) in [5, 5.41) is 0. The van der Waals surface area contributed by atoms with Crippen LogP contribution in [-0.2, 0) is 29.7 Å². The quantitative estimate of drug-likeness (QED) is 0.348. The van der Waals surface area contributed by atoms with Crippen molar-refractivity contribution in [2.75, 3.05) is 13.1 Å². The molecular weight excluding hydrogens is 521 g/mol. The van der Waals surface area contributed by atoms with Crippen LogP contribution in [0.2, 0.25) is 0 Å². The largest absolute Gasteiger partial charge is 0.349 e. The number of piperidine rings is 1. The second kappa shape index (κ2) is 10.9. The van der Waals surface area contributed by atoms with E-state index in [0.717, 1.165) is 18.7 Å². The third-order valence-electron chi connectivity index (χ3n) is 7.35. The summed E-state index contributed by atoms with van der Waals surface area (Å²) in [5.74, 6) is -0.259. The Bertz CT molecular complexity index is 1700. The Morgan fingerprint density at radius 2 is 1.59 bits per heavy atom. The van der Waals surface area contributed by atoms with Gasteiger partial charge in [-0.2, -0.15) is 0 Å². The van der Waals surface area contributed by atoms with Gasteiger partial charge < -0.3 is 4.98 Å². The Balaban J connectivity index is 1.28. The van der Waals surface area contributed by atoms with Crippen LogP contribution in [0.5, 0.6) is 0 Å². The fourth-order valence-corrected chi connectivity index (χ4v) is 6.49. The summed E-state index contributed by atoms with van der Waals surface area (Å²) < 4.78 is 44.9. The van der Waals surface area contributed by atoms with Gasteiger partial charge in [-0.15, -0.1) is 0 Å². The first-order valence-electron chi connectivity index (χ1n) is 13.2. The number of nitrogens with one attached hydrogen (secondary N) is 2. The molecule has 0 aliphatic carbocycles.